The van der Waals surface area contributed by atoms with E-state index in [2.05, 4.69) is 5.16 Å². The Hall–Kier alpha value is -0.910. The van der Waals surface area contributed by atoms with Crippen molar-refractivity contribution in [3.8, 4) is 0 Å². The van der Waals surface area contributed by atoms with Crippen LogP contribution in [0.1, 0.15) is 0 Å². The molecular weight excluding hydrogens is 168 g/mol. The standard InChI is InChI=1S/C5H10N2O3S/c1-7(2)5(8)4(6-9)11(3)10/h9H,1-3H3. The van der Waals surface area contributed by atoms with E-state index in [-0.39, 0.29) is 5.04 Å². The van der Waals surface area contributed by atoms with E-state index >= 15 is 0 Å². The summed E-state index contributed by atoms with van der Waals surface area (Å²) in [5.74, 6) is -0.548. The van der Waals surface area contributed by atoms with Crippen molar-refractivity contribution < 1.29 is 14.2 Å². The van der Waals surface area contributed by atoms with Gasteiger partial charge in [-0.3, -0.25) is 9.00 Å². The van der Waals surface area contributed by atoms with Crippen molar-refractivity contribution >= 4 is 21.8 Å². The van der Waals surface area contributed by atoms with Crippen molar-refractivity contribution in [2.75, 3.05) is 20.4 Å². The summed E-state index contributed by atoms with van der Waals surface area (Å²) >= 11 is 0. The second kappa shape index (κ2) is 4.07. The fourth-order valence-electron chi connectivity index (χ4n) is 0.415. The second-order valence-corrected chi connectivity index (χ2v) is 3.35. The molecule has 0 saturated heterocycles. The number of oxime groups is 1. The van der Waals surface area contributed by atoms with Crippen LogP contribution in [0.3, 0.4) is 0 Å². The van der Waals surface area contributed by atoms with Crippen LogP contribution in [0.4, 0.5) is 0 Å². The van der Waals surface area contributed by atoms with Crippen LogP contribution in [-0.4, -0.2) is 45.6 Å². The molecule has 1 atom stereocenters. The predicted molar refractivity (Wildman–Crippen MR) is 42.0 cm³/mol. The second-order valence-electron chi connectivity index (χ2n) is 2.06. The quantitative estimate of drug-likeness (QED) is 0.229. The van der Waals surface area contributed by atoms with Crippen molar-refractivity contribution in [1.82, 2.24) is 4.90 Å². The summed E-state index contributed by atoms with van der Waals surface area (Å²) in [6, 6.07) is 0. The average molecular weight is 178 g/mol. The highest BCUT2D eigenvalue weighted by molar-refractivity contribution is 8.02. The third kappa shape index (κ3) is 2.67. The molecule has 0 heterocycles. The van der Waals surface area contributed by atoms with Crippen LogP contribution in [0.5, 0.6) is 0 Å². The number of hydrogen-bond donors (Lipinski definition) is 1. The number of rotatable bonds is 0. The molecular formula is C5H10N2O3S. The van der Waals surface area contributed by atoms with Gasteiger partial charge in [-0.15, -0.1) is 0 Å². The van der Waals surface area contributed by atoms with Crippen LogP contribution in [-0.2, 0) is 15.6 Å². The van der Waals surface area contributed by atoms with Gasteiger partial charge in [0.2, 0.25) is 5.04 Å². The zero-order chi connectivity index (χ0) is 9.02. The maximum absolute atomic E-state index is 11.0. The van der Waals surface area contributed by atoms with Crippen LogP contribution in [0, 0.1) is 0 Å². The van der Waals surface area contributed by atoms with Gasteiger partial charge in [0.1, 0.15) is 0 Å². The first kappa shape index (κ1) is 10.1. The highest BCUT2D eigenvalue weighted by Gasteiger charge is 2.17. The normalized spacial score (nSPS) is 14.3. The van der Waals surface area contributed by atoms with Gasteiger partial charge in [0, 0.05) is 20.4 Å². The topological polar surface area (TPSA) is 70.0 Å². The first-order chi connectivity index (χ1) is 5.00. The number of nitrogens with zero attached hydrogens (tertiary/aromatic N) is 2. The molecule has 0 aromatic heterocycles. The van der Waals surface area contributed by atoms with E-state index in [1.165, 1.54) is 25.3 Å². The SMILES string of the molecule is CN(C)C(=O)C(=NO)S(C)=O. The lowest BCUT2D eigenvalue weighted by atomic mass is 10.6. The van der Waals surface area contributed by atoms with E-state index in [0.717, 1.165) is 0 Å². The summed E-state index contributed by atoms with van der Waals surface area (Å²) in [6.45, 7) is 0. The van der Waals surface area contributed by atoms with E-state index < -0.39 is 16.7 Å². The molecule has 0 bridgehead atoms. The molecule has 0 saturated carbocycles. The molecule has 0 aliphatic carbocycles. The molecule has 1 amide bonds. The molecule has 5 nitrogen and oxygen atoms in total. The Morgan fingerprint density at radius 1 is 1.55 bits per heavy atom. The van der Waals surface area contributed by atoms with Gasteiger partial charge < -0.3 is 10.1 Å². The zero-order valence-electron chi connectivity index (χ0n) is 6.57. The van der Waals surface area contributed by atoms with Crippen LogP contribution in [0.15, 0.2) is 5.16 Å². The maximum atomic E-state index is 11.0. The van der Waals surface area contributed by atoms with Gasteiger partial charge in [0.05, 0.1) is 10.8 Å². The predicted octanol–water partition coefficient (Wildman–Crippen LogP) is -0.759. The fraction of sp³-hybridized carbons (Fsp3) is 0.600. The molecule has 0 aliphatic heterocycles. The Kier molecular flexibility index (Phi) is 3.73. The molecule has 0 aromatic rings. The summed E-state index contributed by atoms with van der Waals surface area (Å²) in [7, 11) is 1.43. The van der Waals surface area contributed by atoms with E-state index in [9.17, 15) is 9.00 Å². The Labute approximate surface area is 67.1 Å². The molecule has 1 unspecified atom stereocenters. The molecule has 0 rings (SSSR count). The molecule has 0 spiro atoms. The van der Waals surface area contributed by atoms with Gasteiger partial charge in [0.25, 0.3) is 5.91 Å². The molecule has 1 N–H and O–H groups in total. The minimum atomic E-state index is -1.55. The van der Waals surface area contributed by atoms with E-state index in [1.54, 1.807) is 0 Å². The summed E-state index contributed by atoms with van der Waals surface area (Å²) < 4.78 is 10.7. The van der Waals surface area contributed by atoms with E-state index in [4.69, 9.17) is 5.21 Å². The Morgan fingerprint density at radius 2 is 2.00 bits per heavy atom. The van der Waals surface area contributed by atoms with Crippen LogP contribution in [0.2, 0.25) is 0 Å². The summed E-state index contributed by atoms with van der Waals surface area (Å²) in [6.07, 6.45) is 1.27. The highest BCUT2D eigenvalue weighted by Crippen LogP contribution is 1.89. The van der Waals surface area contributed by atoms with Crippen molar-refractivity contribution in [3.63, 3.8) is 0 Å². The molecule has 0 aromatic carbocycles. The monoisotopic (exact) mass is 178 g/mol. The fourth-order valence-corrected chi connectivity index (χ4v) is 0.958. The van der Waals surface area contributed by atoms with Gasteiger partial charge in [-0.05, 0) is 0 Å². The van der Waals surface area contributed by atoms with E-state index in [1.807, 2.05) is 0 Å². The number of amides is 1. The van der Waals surface area contributed by atoms with Crippen LogP contribution < -0.4 is 0 Å². The molecule has 0 aliphatic rings. The Balaban J connectivity index is 4.55. The number of carbonyl (C=O) groups is 1. The maximum Gasteiger partial charge on any atom is 0.284 e. The van der Waals surface area contributed by atoms with Gasteiger partial charge in [0.15, 0.2) is 0 Å². The minimum Gasteiger partial charge on any atom is -0.410 e. The minimum absolute atomic E-state index is 0.338. The van der Waals surface area contributed by atoms with Crippen molar-refractivity contribution in [2.45, 2.75) is 0 Å². The van der Waals surface area contributed by atoms with Gasteiger partial charge in [-0.2, -0.15) is 0 Å². The number of hydrogen-bond acceptors (Lipinski definition) is 4. The lowest BCUT2D eigenvalue weighted by Gasteiger charge is -2.08. The first-order valence-electron chi connectivity index (χ1n) is 2.77. The summed E-state index contributed by atoms with van der Waals surface area (Å²) in [5, 5.41) is 10.6. The lowest BCUT2D eigenvalue weighted by molar-refractivity contribution is -0.121. The lowest BCUT2D eigenvalue weighted by Crippen LogP contribution is -2.32. The van der Waals surface area contributed by atoms with Crippen LogP contribution >= 0.6 is 0 Å². The smallest absolute Gasteiger partial charge is 0.284 e. The Bertz CT molecular complexity index is 212. The largest absolute Gasteiger partial charge is 0.410 e. The molecule has 6 heteroatoms. The van der Waals surface area contributed by atoms with Crippen molar-refractivity contribution in [3.05, 3.63) is 0 Å². The summed E-state index contributed by atoms with van der Waals surface area (Å²) in [4.78, 5) is 12.1. The number of carbonyl (C=O) groups excluding carboxylic acids is 1. The highest BCUT2D eigenvalue weighted by atomic mass is 32.2. The first-order valence-corrected chi connectivity index (χ1v) is 4.33. The van der Waals surface area contributed by atoms with Crippen molar-refractivity contribution in [1.29, 1.82) is 0 Å². The molecule has 0 fully saturated rings. The van der Waals surface area contributed by atoms with Gasteiger partial charge in [-0.25, -0.2) is 0 Å². The molecule has 64 valence electrons. The third-order valence-corrected chi connectivity index (χ3v) is 1.75. The van der Waals surface area contributed by atoms with Gasteiger partial charge >= 0.3 is 0 Å². The van der Waals surface area contributed by atoms with Crippen LogP contribution in [0.25, 0.3) is 0 Å². The Morgan fingerprint density at radius 3 is 2.09 bits per heavy atom. The molecule has 11 heavy (non-hydrogen) atoms. The summed E-state index contributed by atoms with van der Waals surface area (Å²) in [5.41, 5.74) is 0. The third-order valence-electron chi connectivity index (χ3n) is 0.952. The van der Waals surface area contributed by atoms with Crippen molar-refractivity contribution in [2.24, 2.45) is 5.16 Å². The van der Waals surface area contributed by atoms with Gasteiger partial charge in [-0.1, -0.05) is 5.16 Å². The average Bonchev–Trinajstić information content (AvgIpc) is 1.88. The molecule has 0 radical (unpaired) electrons. The van der Waals surface area contributed by atoms with E-state index in [0.29, 0.717) is 0 Å². The zero-order valence-corrected chi connectivity index (χ0v) is 7.38.